The van der Waals surface area contributed by atoms with Crippen LogP contribution in [0, 0.1) is 0 Å². The normalized spacial score (nSPS) is 18.5. The average molecular weight is 292 g/mol. The van der Waals surface area contributed by atoms with E-state index in [1.807, 2.05) is 12.1 Å². The third-order valence-electron chi connectivity index (χ3n) is 4.17. The molecule has 4 heteroatoms. The van der Waals surface area contributed by atoms with Crippen molar-refractivity contribution in [2.75, 3.05) is 33.9 Å². The molecule has 2 rings (SSSR count). The number of rotatable bonds is 7. The molecule has 1 N–H and O–H groups in total. The second-order valence-corrected chi connectivity index (χ2v) is 5.90. The van der Waals surface area contributed by atoms with E-state index >= 15 is 0 Å². The van der Waals surface area contributed by atoms with Gasteiger partial charge in [0.1, 0.15) is 11.5 Å². The van der Waals surface area contributed by atoms with Gasteiger partial charge >= 0.3 is 0 Å². The van der Waals surface area contributed by atoms with Gasteiger partial charge in [0.2, 0.25) is 0 Å². The molecule has 118 valence electrons. The fourth-order valence-electron chi connectivity index (χ4n) is 3.10. The molecule has 0 bridgehead atoms. The monoisotopic (exact) mass is 292 g/mol. The lowest BCUT2D eigenvalue weighted by molar-refractivity contribution is 0.287. The van der Waals surface area contributed by atoms with E-state index in [1.54, 1.807) is 14.2 Å². The molecule has 0 aliphatic carbocycles. The number of hydrogen-bond acceptors (Lipinski definition) is 4. The summed E-state index contributed by atoms with van der Waals surface area (Å²) >= 11 is 0. The maximum Gasteiger partial charge on any atom is 0.127 e. The molecule has 1 saturated heterocycles. The minimum atomic E-state index is 0.253. The highest BCUT2D eigenvalue weighted by Gasteiger charge is 2.18. The predicted octanol–water partition coefficient (Wildman–Crippen LogP) is 2.84. The van der Waals surface area contributed by atoms with E-state index in [1.165, 1.54) is 31.5 Å². The second-order valence-electron chi connectivity index (χ2n) is 5.90. The van der Waals surface area contributed by atoms with Crippen LogP contribution in [-0.4, -0.2) is 44.8 Å². The van der Waals surface area contributed by atoms with Crippen molar-refractivity contribution >= 4 is 0 Å². The van der Waals surface area contributed by atoms with E-state index in [0.717, 1.165) is 18.0 Å². The van der Waals surface area contributed by atoms with Gasteiger partial charge in [0, 0.05) is 30.3 Å². The first-order valence-electron chi connectivity index (χ1n) is 7.84. The smallest absolute Gasteiger partial charge is 0.127 e. The molecule has 0 aromatic heterocycles. The number of likely N-dealkylation sites (tertiary alicyclic amines) is 1. The fraction of sp³-hybridized carbons (Fsp3) is 0.647. The summed E-state index contributed by atoms with van der Waals surface area (Å²) in [5.74, 6) is 1.70. The van der Waals surface area contributed by atoms with Crippen molar-refractivity contribution in [3.8, 4) is 11.5 Å². The molecular weight excluding hydrogens is 264 g/mol. The first-order valence-corrected chi connectivity index (χ1v) is 7.84. The number of methoxy groups -OCH3 is 2. The van der Waals surface area contributed by atoms with Gasteiger partial charge in [0.15, 0.2) is 0 Å². The number of ether oxygens (including phenoxy) is 2. The van der Waals surface area contributed by atoms with E-state index in [4.69, 9.17) is 9.47 Å². The molecule has 1 fully saturated rings. The van der Waals surface area contributed by atoms with Crippen molar-refractivity contribution in [3.63, 3.8) is 0 Å². The molecule has 21 heavy (non-hydrogen) atoms. The van der Waals surface area contributed by atoms with Crippen LogP contribution < -0.4 is 14.8 Å². The van der Waals surface area contributed by atoms with Crippen molar-refractivity contribution in [1.82, 2.24) is 10.2 Å². The van der Waals surface area contributed by atoms with Crippen molar-refractivity contribution < 1.29 is 9.47 Å². The van der Waals surface area contributed by atoms with E-state index in [-0.39, 0.29) is 6.04 Å². The van der Waals surface area contributed by atoms with Gasteiger partial charge in [-0.15, -0.1) is 0 Å². The maximum atomic E-state index is 5.49. The number of nitrogens with zero attached hydrogens (tertiary/aromatic N) is 1. The van der Waals surface area contributed by atoms with E-state index < -0.39 is 0 Å². The summed E-state index contributed by atoms with van der Waals surface area (Å²) in [6.07, 6.45) is 2.68. The van der Waals surface area contributed by atoms with Crippen LogP contribution in [0.15, 0.2) is 18.2 Å². The first kappa shape index (κ1) is 16.1. The summed E-state index contributed by atoms with van der Waals surface area (Å²) in [4.78, 5) is 2.54. The van der Waals surface area contributed by atoms with Crippen LogP contribution in [-0.2, 0) is 0 Å². The van der Waals surface area contributed by atoms with E-state index in [9.17, 15) is 0 Å². The predicted molar refractivity (Wildman–Crippen MR) is 86.2 cm³/mol. The van der Waals surface area contributed by atoms with E-state index in [2.05, 4.69) is 30.1 Å². The highest BCUT2D eigenvalue weighted by molar-refractivity contribution is 5.42. The lowest BCUT2D eigenvalue weighted by Gasteiger charge is -2.25. The van der Waals surface area contributed by atoms with Crippen LogP contribution in [0.2, 0.25) is 0 Å². The SMILES string of the molecule is COc1ccc(C(C)NC(C)CN2CCCC2)c(OC)c1. The summed E-state index contributed by atoms with van der Waals surface area (Å²) in [5.41, 5.74) is 1.17. The molecule has 2 unspecified atom stereocenters. The van der Waals surface area contributed by atoms with Crippen LogP contribution in [0.5, 0.6) is 11.5 Å². The Morgan fingerprint density at radius 1 is 1.14 bits per heavy atom. The Morgan fingerprint density at radius 2 is 1.86 bits per heavy atom. The number of nitrogens with one attached hydrogen (secondary N) is 1. The van der Waals surface area contributed by atoms with Crippen LogP contribution >= 0.6 is 0 Å². The molecule has 1 aliphatic rings. The van der Waals surface area contributed by atoms with Crippen molar-refractivity contribution in [1.29, 1.82) is 0 Å². The zero-order chi connectivity index (χ0) is 15.2. The van der Waals surface area contributed by atoms with Gasteiger partial charge in [-0.05, 0) is 45.8 Å². The molecule has 2 atom stereocenters. The van der Waals surface area contributed by atoms with Gasteiger partial charge < -0.3 is 19.7 Å². The number of benzene rings is 1. The quantitative estimate of drug-likeness (QED) is 0.838. The van der Waals surface area contributed by atoms with Crippen LogP contribution in [0.3, 0.4) is 0 Å². The molecule has 0 saturated carbocycles. The Bertz CT molecular complexity index is 444. The molecule has 1 aromatic carbocycles. The fourth-order valence-corrected chi connectivity index (χ4v) is 3.10. The molecule has 0 radical (unpaired) electrons. The maximum absolute atomic E-state index is 5.49. The van der Waals surface area contributed by atoms with Gasteiger partial charge in [-0.25, -0.2) is 0 Å². The van der Waals surface area contributed by atoms with Gasteiger partial charge in [0.25, 0.3) is 0 Å². The molecule has 0 spiro atoms. The van der Waals surface area contributed by atoms with Crippen LogP contribution in [0.25, 0.3) is 0 Å². The number of hydrogen-bond donors (Lipinski definition) is 1. The molecule has 0 amide bonds. The first-order chi connectivity index (χ1) is 10.1. The summed E-state index contributed by atoms with van der Waals surface area (Å²) < 4.78 is 10.7. The van der Waals surface area contributed by atoms with Gasteiger partial charge in [0.05, 0.1) is 14.2 Å². The van der Waals surface area contributed by atoms with Crippen molar-refractivity contribution in [2.24, 2.45) is 0 Å². The topological polar surface area (TPSA) is 33.7 Å². The summed E-state index contributed by atoms with van der Waals surface area (Å²) in [6.45, 7) is 8.04. The summed E-state index contributed by atoms with van der Waals surface area (Å²) in [7, 11) is 3.38. The minimum absolute atomic E-state index is 0.253. The molecule has 4 nitrogen and oxygen atoms in total. The third kappa shape index (κ3) is 4.35. The zero-order valence-electron chi connectivity index (χ0n) is 13.7. The second kappa shape index (κ2) is 7.66. The Labute approximate surface area is 128 Å². The summed E-state index contributed by atoms with van der Waals surface area (Å²) in [6, 6.07) is 6.73. The summed E-state index contributed by atoms with van der Waals surface area (Å²) in [5, 5.41) is 3.67. The minimum Gasteiger partial charge on any atom is -0.497 e. The highest BCUT2D eigenvalue weighted by Crippen LogP contribution is 2.29. The molecular formula is C17H28N2O2. The van der Waals surface area contributed by atoms with Gasteiger partial charge in [-0.3, -0.25) is 0 Å². The largest absolute Gasteiger partial charge is 0.497 e. The molecule has 1 aromatic rings. The van der Waals surface area contributed by atoms with Crippen molar-refractivity contribution in [3.05, 3.63) is 23.8 Å². The Balaban J connectivity index is 1.96. The Kier molecular flexibility index (Phi) is 5.88. The Hall–Kier alpha value is -1.26. The lowest BCUT2D eigenvalue weighted by Crippen LogP contribution is -2.39. The third-order valence-corrected chi connectivity index (χ3v) is 4.17. The standard InChI is InChI=1S/C17H28N2O2/c1-13(12-19-9-5-6-10-19)18-14(2)16-8-7-15(20-3)11-17(16)21-4/h7-8,11,13-14,18H,5-6,9-10,12H2,1-4H3. The van der Waals surface area contributed by atoms with Gasteiger partial charge in [-0.2, -0.15) is 0 Å². The van der Waals surface area contributed by atoms with Crippen LogP contribution in [0.4, 0.5) is 0 Å². The van der Waals surface area contributed by atoms with E-state index in [0.29, 0.717) is 6.04 Å². The highest BCUT2D eigenvalue weighted by atomic mass is 16.5. The van der Waals surface area contributed by atoms with Crippen LogP contribution in [0.1, 0.15) is 38.3 Å². The Morgan fingerprint density at radius 3 is 2.48 bits per heavy atom. The molecule has 1 aliphatic heterocycles. The lowest BCUT2D eigenvalue weighted by atomic mass is 10.1. The zero-order valence-corrected chi connectivity index (χ0v) is 13.7. The van der Waals surface area contributed by atoms with Crippen molar-refractivity contribution in [2.45, 2.75) is 38.8 Å². The van der Waals surface area contributed by atoms with Gasteiger partial charge in [-0.1, -0.05) is 6.07 Å². The average Bonchev–Trinajstić information content (AvgIpc) is 2.99. The molecule has 1 heterocycles.